The van der Waals surface area contributed by atoms with Crippen LogP contribution in [0.1, 0.15) is 12.0 Å². The first-order chi connectivity index (χ1) is 13.7. The molecule has 2 aromatic rings. The monoisotopic (exact) mass is 379 g/mol. The molecule has 0 bridgehead atoms. The fraction of sp³-hybridized carbons (Fsp3) is 0.364. The van der Waals surface area contributed by atoms with E-state index >= 15 is 0 Å². The molecule has 1 N–H and O–H groups in total. The van der Waals surface area contributed by atoms with Gasteiger partial charge in [0.15, 0.2) is 0 Å². The Bertz CT molecular complexity index is 834. The number of hydrogen-bond donors (Lipinski definition) is 1. The first kappa shape index (κ1) is 18.5. The van der Waals surface area contributed by atoms with Crippen LogP contribution in [0.2, 0.25) is 0 Å². The van der Waals surface area contributed by atoms with Crippen molar-refractivity contribution in [1.82, 2.24) is 4.90 Å². The number of carbonyl (C=O) groups excluding carboxylic acids is 2. The van der Waals surface area contributed by atoms with Crippen LogP contribution in [0.4, 0.5) is 11.4 Å². The van der Waals surface area contributed by atoms with Crippen LogP contribution in [0.15, 0.2) is 54.6 Å². The zero-order chi connectivity index (χ0) is 19.3. The molecule has 0 unspecified atom stereocenters. The zero-order valence-electron chi connectivity index (χ0n) is 15.8. The Labute approximate surface area is 165 Å². The molecule has 2 aromatic carbocycles. The van der Waals surface area contributed by atoms with Crippen LogP contribution in [0.3, 0.4) is 0 Å². The highest BCUT2D eigenvalue weighted by Gasteiger charge is 2.38. The van der Waals surface area contributed by atoms with Crippen LogP contribution in [-0.2, 0) is 20.7 Å². The van der Waals surface area contributed by atoms with Gasteiger partial charge in [0, 0.05) is 19.6 Å². The van der Waals surface area contributed by atoms with E-state index < -0.39 is 6.04 Å². The number of rotatable bonds is 6. The van der Waals surface area contributed by atoms with Gasteiger partial charge in [-0.3, -0.25) is 14.5 Å². The van der Waals surface area contributed by atoms with Gasteiger partial charge in [0.05, 0.1) is 31.0 Å². The molecule has 0 aromatic heterocycles. The number of morpholine rings is 1. The number of nitrogens with one attached hydrogen (secondary N) is 1. The Morgan fingerprint density at radius 3 is 2.46 bits per heavy atom. The second-order valence-electron chi connectivity index (χ2n) is 7.14. The van der Waals surface area contributed by atoms with E-state index in [-0.39, 0.29) is 18.2 Å². The van der Waals surface area contributed by atoms with E-state index in [0.717, 1.165) is 30.0 Å². The molecule has 0 radical (unpaired) electrons. The highest BCUT2D eigenvalue weighted by molar-refractivity contribution is 6.07. The van der Waals surface area contributed by atoms with Gasteiger partial charge in [0.2, 0.25) is 5.91 Å². The first-order valence-corrected chi connectivity index (χ1v) is 9.79. The van der Waals surface area contributed by atoms with E-state index in [1.54, 1.807) is 0 Å². The van der Waals surface area contributed by atoms with Crippen LogP contribution in [-0.4, -0.2) is 55.6 Å². The van der Waals surface area contributed by atoms with Crippen molar-refractivity contribution in [1.29, 1.82) is 0 Å². The number of ether oxygens (including phenoxy) is 1. The van der Waals surface area contributed by atoms with Gasteiger partial charge in [-0.2, -0.15) is 0 Å². The summed E-state index contributed by atoms with van der Waals surface area (Å²) in [6.07, 6.45) is 0.875. The maximum Gasteiger partial charge on any atom is 0.252 e. The molecule has 1 atom stereocenters. The SMILES string of the molecule is O=C1C[C@H](Nc2ccccc2N2CCOCC2)C(=O)N1CCc1ccccc1. The molecule has 28 heavy (non-hydrogen) atoms. The Balaban J connectivity index is 1.43. The van der Waals surface area contributed by atoms with Crippen molar-refractivity contribution in [3.8, 4) is 0 Å². The van der Waals surface area contributed by atoms with E-state index in [0.29, 0.717) is 26.2 Å². The molecule has 2 heterocycles. The second-order valence-corrected chi connectivity index (χ2v) is 7.14. The summed E-state index contributed by atoms with van der Waals surface area (Å²) in [5.74, 6) is -0.250. The summed E-state index contributed by atoms with van der Waals surface area (Å²) >= 11 is 0. The van der Waals surface area contributed by atoms with Gasteiger partial charge in [-0.15, -0.1) is 0 Å². The molecule has 0 spiro atoms. The molecule has 146 valence electrons. The molecule has 6 heteroatoms. The van der Waals surface area contributed by atoms with Gasteiger partial charge in [0.1, 0.15) is 6.04 Å². The van der Waals surface area contributed by atoms with Crippen molar-refractivity contribution in [3.05, 3.63) is 60.2 Å². The number of anilines is 2. The lowest BCUT2D eigenvalue weighted by atomic mass is 10.1. The third-order valence-electron chi connectivity index (χ3n) is 5.30. The lowest BCUT2D eigenvalue weighted by Crippen LogP contribution is -2.38. The largest absolute Gasteiger partial charge is 0.378 e. The predicted molar refractivity (Wildman–Crippen MR) is 108 cm³/mol. The van der Waals surface area contributed by atoms with Crippen LogP contribution in [0.25, 0.3) is 0 Å². The van der Waals surface area contributed by atoms with Crippen molar-refractivity contribution in [2.75, 3.05) is 43.1 Å². The Morgan fingerprint density at radius 1 is 0.964 bits per heavy atom. The number of carbonyl (C=O) groups is 2. The molecule has 0 saturated carbocycles. The number of benzene rings is 2. The van der Waals surface area contributed by atoms with Gasteiger partial charge in [-0.25, -0.2) is 0 Å². The first-order valence-electron chi connectivity index (χ1n) is 9.79. The van der Waals surface area contributed by atoms with Crippen molar-refractivity contribution in [3.63, 3.8) is 0 Å². The van der Waals surface area contributed by atoms with Gasteiger partial charge in [-0.05, 0) is 24.1 Å². The minimum absolute atomic E-state index is 0.109. The summed E-state index contributed by atoms with van der Waals surface area (Å²) in [7, 11) is 0. The zero-order valence-corrected chi connectivity index (χ0v) is 15.8. The van der Waals surface area contributed by atoms with E-state index in [1.807, 2.05) is 54.6 Å². The summed E-state index contributed by atoms with van der Waals surface area (Å²) in [6.45, 7) is 3.45. The van der Waals surface area contributed by atoms with Crippen molar-refractivity contribution < 1.29 is 14.3 Å². The number of amides is 2. The summed E-state index contributed by atoms with van der Waals surface area (Å²) in [4.78, 5) is 28.9. The van der Waals surface area contributed by atoms with Gasteiger partial charge in [0.25, 0.3) is 5.91 Å². The molecular formula is C22H25N3O3. The van der Waals surface area contributed by atoms with Crippen LogP contribution in [0.5, 0.6) is 0 Å². The van der Waals surface area contributed by atoms with Crippen molar-refractivity contribution in [2.45, 2.75) is 18.9 Å². The van der Waals surface area contributed by atoms with Crippen LogP contribution in [0, 0.1) is 0 Å². The van der Waals surface area contributed by atoms with Crippen LogP contribution >= 0.6 is 0 Å². The topological polar surface area (TPSA) is 61.9 Å². The fourth-order valence-corrected chi connectivity index (χ4v) is 3.78. The van der Waals surface area contributed by atoms with Crippen molar-refractivity contribution in [2.24, 2.45) is 0 Å². The van der Waals surface area contributed by atoms with Gasteiger partial charge >= 0.3 is 0 Å². The fourth-order valence-electron chi connectivity index (χ4n) is 3.78. The second kappa shape index (κ2) is 8.44. The molecule has 2 fully saturated rings. The summed E-state index contributed by atoms with van der Waals surface area (Å²) in [5.41, 5.74) is 3.06. The third kappa shape index (κ3) is 4.02. The Morgan fingerprint density at radius 2 is 1.68 bits per heavy atom. The number of imide groups is 1. The molecule has 0 aliphatic carbocycles. The standard InChI is InChI=1S/C22H25N3O3/c26-21-16-19(22(27)25(21)11-10-17-6-2-1-3-7-17)23-18-8-4-5-9-20(18)24-12-14-28-15-13-24/h1-9,19,23H,10-16H2/t19-/m0/s1. The smallest absolute Gasteiger partial charge is 0.252 e. The maximum absolute atomic E-state index is 12.8. The van der Waals surface area contributed by atoms with E-state index in [9.17, 15) is 9.59 Å². The Hall–Kier alpha value is -2.86. The van der Waals surface area contributed by atoms with Crippen LogP contribution < -0.4 is 10.2 Å². The summed E-state index contributed by atoms with van der Waals surface area (Å²) in [5, 5.41) is 3.32. The number of nitrogens with zero attached hydrogens (tertiary/aromatic N) is 2. The van der Waals surface area contributed by atoms with Gasteiger partial charge < -0.3 is 15.0 Å². The molecule has 4 rings (SSSR count). The third-order valence-corrected chi connectivity index (χ3v) is 5.30. The van der Waals surface area contributed by atoms with E-state index in [1.165, 1.54) is 4.90 Å². The number of para-hydroxylation sites is 2. The molecule has 6 nitrogen and oxygen atoms in total. The average Bonchev–Trinajstić information content (AvgIpc) is 3.01. The predicted octanol–water partition coefficient (Wildman–Crippen LogP) is 2.31. The molecular weight excluding hydrogens is 354 g/mol. The number of hydrogen-bond acceptors (Lipinski definition) is 5. The molecule has 2 saturated heterocycles. The molecule has 2 aliphatic rings. The minimum Gasteiger partial charge on any atom is -0.378 e. The lowest BCUT2D eigenvalue weighted by Gasteiger charge is -2.31. The summed E-state index contributed by atoms with van der Waals surface area (Å²) in [6, 6.07) is 17.4. The number of likely N-dealkylation sites (tertiary alicyclic amines) is 1. The molecule has 2 amide bonds. The van der Waals surface area contributed by atoms with Gasteiger partial charge in [-0.1, -0.05) is 42.5 Å². The highest BCUT2D eigenvalue weighted by Crippen LogP contribution is 2.29. The average molecular weight is 379 g/mol. The van der Waals surface area contributed by atoms with E-state index in [2.05, 4.69) is 10.2 Å². The highest BCUT2D eigenvalue weighted by atomic mass is 16.5. The summed E-state index contributed by atoms with van der Waals surface area (Å²) < 4.78 is 5.44. The minimum atomic E-state index is -0.509. The molecule has 2 aliphatic heterocycles. The normalized spacial score (nSPS) is 19.9. The van der Waals surface area contributed by atoms with E-state index in [4.69, 9.17) is 4.74 Å². The maximum atomic E-state index is 12.8. The van der Waals surface area contributed by atoms with Crippen molar-refractivity contribution >= 4 is 23.2 Å². The Kier molecular flexibility index (Phi) is 5.58. The lowest BCUT2D eigenvalue weighted by molar-refractivity contribution is -0.138. The quantitative estimate of drug-likeness (QED) is 0.781.